The number of nitrogens with one attached hydrogen (secondary N) is 1. The van der Waals surface area contributed by atoms with Crippen molar-refractivity contribution in [3.63, 3.8) is 0 Å². The van der Waals surface area contributed by atoms with Crippen LogP contribution in [0.25, 0.3) is 6.08 Å². The summed E-state index contributed by atoms with van der Waals surface area (Å²) in [5.74, 6) is -0.240. The summed E-state index contributed by atoms with van der Waals surface area (Å²) in [5.41, 5.74) is 2.35. The van der Waals surface area contributed by atoms with E-state index in [1.807, 2.05) is 12.1 Å². The van der Waals surface area contributed by atoms with Gasteiger partial charge in [-0.25, -0.2) is 0 Å². The van der Waals surface area contributed by atoms with Gasteiger partial charge in [0.25, 0.3) is 0 Å². The molecule has 0 saturated carbocycles. The molecule has 1 aliphatic rings. The minimum atomic E-state index is -0.238. The van der Waals surface area contributed by atoms with Gasteiger partial charge in [-0.2, -0.15) is 0 Å². The monoisotopic (exact) mass is 314 g/mol. The first-order chi connectivity index (χ1) is 10.9. The van der Waals surface area contributed by atoms with E-state index in [0.717, 1.165) is 31.5 Å². The minimum Gasteiger partial charge on any atom is -0.343 e. The second-order valence-corrected chi connectivity index (χ2v) is 7.01. The Labute approximate surface area is 138 Å². The van der Waals surface area contributed by atoms with E-state index in [9.17, 15) is 9.59 Å². The molecule has 0 radical (unpaired) electrons. The Balaban J connectivity index is 1.82. The molecule has 0 spiro atoms. The van der Waals surface area contributed by atoms with Crippen molar-refractivity contribution in [1.29, 1.82) is 0 Å². The van der Waals surface area contributed by atoms with Gasteiger partial charge in [0.05, 0.1) is 6.54 Å². The van der Waals surface area contributed by atoms with E-state index in [-0.39, 0.29) is 23.8 Å². The van der Waals surface area contributed by atoms with Crippen LogP contribution >= 0.6 is 0 Å². The van der Waals surface area contributed by atoms with Crippen LogP contribution in [0.2, 0.25) is 0 Å². The van der Waals surface area contributed by atoms with E-state index in [2.05, 4.69) is 38.2 Å². The summed E-state index contributed by atoms with van der Waals surface area (Å²) in [6, 6.07) is 8.16. The minimum absolute atomic E-state index is 0.00113. The van der Waals surface area contributed by atoms with Gasteiger partial charge in [0.2, 0.25) is 11.8 Å². The van der Waals surface area contributed by atoms with Gasteiger partial charge in [-0.3, -0.25) is 9.59 Å². The van der Waals surface area contributed by atoms with Crippen LogP contribution in [0.5, 0.6) is 0 Å². The molecule has 1 fully saturated rings. The van der Waals surface area contributed by atoms with Crippen LogP contribution < -0.4 is 5.32 Å². The topological polar surface area (TPSA) is 49.4 Å². The van der Waals surface area contributed by atoms with Crippen LogP contribution in [0.4, 0.5) is 0 Å². The van der Waals surface area contributed by atoms with E-state index in [0.29, 0.717) is 0 Å². The number of amides is 2. The SMILES string of the molecule is CC(C)(C)c1ccc(/C=C/C(=O)NCC(=O)N2CCCC2)cc1. The van der Waals surface area contributed by atoms with Crippen LogP contribution in [0.1, 0.15) is 44.7 Å². The number of benzene rings is 1. The summed E-state index contributed by atoms with van der Waals surface area (Å²) < 4.78 is 0. The molecule has 1 N–H and O–H groups in total. The normalized spacial score (nSPS) is 15.2. The van der Waals surface area contributed by atoms with Crippen molar-refractivity contribution < 1.29 is 9.59 Å². The Morgan fingerprint density at radius 1 is 1.13 bits per heavy atom. The molecule has 0 atom stereocenters. The molecule has 124 valence electrons. The lowest BCUT2D eigenvalue weighted by Crippen LogP contribution is -2.38. The second-order valence-electron chi connectivity index (χ2n) is 7.01. The Morgan fingerprint density at radius 3 is 2.30 bits per heavy atom. The maximum absolute atomic E-state index is 11.8. The lowest BCUT2D eigenvalue weighted by Gasteiger charge is -2.18. The first-order valence-corrected chi connectivity index (χ1v) is 8.20. The highest BCUT2D eigenvalue weighted by molar-refractivity contribution is 5.94. The zero-order valence-corrected chi connectivity index (χ0v) is 14.3. The van der Waals surface area contributed by atoms with Crippen molar-refractivity contribution in [3.05, 3.63) is 41.5 Å². The number of likely N-dealkylation sites (tertiary alicyclic amines) is 1. The fraction of sp³-hybridized carbons (Fsp3) is 0.474. The van der Waals surface area contributed by atoms with E-state index >= 15 is 0 Å². The molecule has 1 heterocycles. The van der Waals surface area contributed by atoms with Crippen LogP contribution in [-0.4, -0.2) is 36.3 Å². The zero-order chi connectivity index (χ0) is 16.9. The van der Waals surface area contributed by atoms with E-state index in [1.165, 1.54) is 11.6 Å². The zero-order valence-electron chi connectivity index (χ0n) is 14.3. The molecule has 0 bridgehead atoms. The number of rotatable bonds is 4. The molecule has 0 aromatic heterocycles. The molecule has 1 aromatic rings. The fourth-order valence-corrected chi connectivity index (χ4v) is 2.57. The average Bonchev–Trinajstić information content (AvgIpc) is 3.04. The van der Waals surface area contributed by atoms with Crippen molar-refractivity contribution in [2.24, 2.45) is 0 Å². The van der Waals surface area contributed by atoms with Crippen LogP contribution in [0.15, 0.2) is 30.3 Å². The second kappa shape index (κ2) is 7.44. The summed E-state index contributed by atoms with van der Waals surface area (Å²) in [6.07, 6.45) is 5.36. The third kappa shape index (κ3) is 5.23. The number of hydrogen-bond acceptors (Lipinski definition) is 2. The molecular weight excluding hydrogens is 288 g/mol. The van der Waals surface area contributed by atoms with Crippen LogP contribution in [-0.2, 0) is 15.0 Å². The highest BCUT2D eigenvalue weighted by Gasteiger charge is 2.17. The van der Waals surface area contributed by atoms with Crippen LogP contribution in [0.3, 0.4) is 0 Å². The van der Waals surface area contributed by atoms with E-state index in [1.54, 1.807) is 11.0 Å². The van der Waals surface area contributed by atoms with Crippen LogP contribution in [0, 0.1) is 0 Å². The Bertz CT molecular complexity index is 576. The maximum Gasteiger partial charge on any atom is 0.244 e. The summed E-state index contributed by atoms with van der Waals surface area (Å²) in [6.45, 7) is 8.20. The number of carbonyl (C=O) groups excluding carboxylic acids is 2. The molecule has 1 saturated heterocycles. The summed E-state index contributed by atoms with van der Waals surface area (Å²) in [5, 5.41) is 2.65. The van der Waals surface area contributed by atoms with Crippen molar-refractivity contribution in [2.75, 3.05) is 19.6 Å². The van der Waals surface area contributed by atoms with Gasteiger partial charge in [-0.05, 0) is 35.5 Å². The number of nitrogens with zero attached hydrogens (tertiary/aromatic N) is 1. The van der Waals surface area contributed by atoms with Crippen molar-refractivity contribution >= 4 is 17.9 Å². The molecule has 23 heavy (non-hydrogen) atoms. The standard InChI is InChI=1S/C19H26N2O2/c1-19(2,3)16-9-6-15(7-10-16)8-11-17(22)20-14-18(23)21-12-4-5-13-21/h6-11H,4-5,12-14H2,1-3H3,(H,20,22)/b11-8+. The van der Waals surface area contributed by atoms with E-state index in [4.69, 9.17) is 0 Å². The molecule has 4 heteroatoms. The molecule has 1 aromatic carbocycles. The molecule has 2 amide bonds. The van der Waals surface area contributed by atoms with Gasteiger partial charge in [0.1, 0.15) is 0 Å². The highest BCUT2D eigenvalue weighted by Crippen LogP contribution is 2.22. The largest absolute Gasteiger partial charge is 0.343 e. The Morgan fingerprint density at radius 2 is 1.74 bits per heavy atom. The molecule has 0 aliphatic carbocycles. The highest BCUT2D eigenvalue weighted by atomic mass is 16.2. The van der Waals surface area contributed by atoms with Crippen molar-refractivity contribution in [1.82, 2.24) is 10.2 Å². The predicted octanol–water partition coefficient (Wildman–Crippen LogP) is 2.74. The van der Waals surface area contributed by atoms with E-state index < -0.39 is 0 Å². The third-order valence-electron chi connectivity index (χ3n) is 4.08. The Kier molecular flexibility index (Phi) is 5.59. The Hall–Kier alpha value is -2.10. The molecule has 4 nitrogen and oxygen atoms in total. The lowest BCUT2D eigenvalue weighted by molar-refractivity contribution is -0.131. The van der Waals surface area contributed by atoms with Gasteiger partial charge in [0.15, 0.2) is 0 Å². The van der Waals surface area contributed by atoms with Crippen molar-refractivity contribution in [2.45, 2.75) is 39.0 Å². The first-order valence-electron chi connectivity index (χ1n) is 8.20. The van der Waals surface area contributed by atoms with Gasteiger partial charge in [-0.1, -0.05) is 45.0 Å². The molecule has 1 aliphatic heterocycles. The van der Waals surface area contributed by atoms with Gasteiger partial charge in [0, 0.05) is 19.2 Å². The van der Waals surface area contributed by atoms with Crippen molar-refractivity contribution in [3.8, 4) is 0 Å². The summed E-state index contributed by atoms with van der Waals surface area (Å²) in [4.78, 5) is 25.4. The number of carbonyl (C=O) groups is 2. The fourth-order valence-electron chi connectivity index (χ4n) is 2.57. The average molecular weight is 314 g/mol. The quantitative estimate of drug-likeness (QED) is 0.869. The molecule has 0 unspecified atom stereocenters. The number of hydrogen-bond donors (Lipinski definition) is 1. The first kappa shape index (κ1) is 17.3. The van der Waals surface area contributed by atoms with Gasteiger partial charge in [-0.15, -0.1) is 0 Å². The summed E-state index contributed by atoms with van der Waals surface area (Å²) >= 11 is 0. The lowest BCUT2D eigenvalue weighted by atomic mass is 9.87. The predicted molar refractivity (Wildman–Crippen MR) is 93.0 cm³/mol. The van der Waals surface area contributed by atoms with Gasteiger partial charge < -0.3 is 10.2 Å². The molecule has 2 rings (SSSR count). The molecular formula is C19H26N2O2. The third-order valence-corrected chi connectivity index (χ3v) is 4.08. The smallest absolute Gasteiger partial charge is 0.244 e. The van der Waals surface area contributed by atoms with Gasteiger partial charge >= 0.3 is 0 Å². The maximum atomic E-state index is 11.8. The summed E-state index contributed by atoms with van der Waals surface area (Å²) in [7, 11) is 0.